The van der Waals surface area contributed by atoms with Gasteiger partial charge in [-0.3, -0.25) is 9.69 Å². The molecule has 0 atom stereocenters. The third-order valence-corrected chi connectivity index (χ3v) is 3.17. The summed E-state index contributed by atoms with van der Waals surface area (Å²) < 4.78 is 0. The van der Waals surface area contributed by atoms with Crippen LogP contribution < -0.4 is 11.1 Å². The van der Waals surface area contributed by atoms with E-state index >= 15 is 0 Å². The van der Waals surface area contributed by atoms with Gasteiger partial charge in [0.1, 0.15) is 0 Å². The van der Waals surface area contributed by atoms with Crippen molar-refractivity contribution >= 4 is 11.6 Å². The van der Waals surface area contributed by atoms with E-state index in [-0.39, 0.29) is 11.9 Å². The van der Waals surface area contributed by atoms with Crippen molar-refractivity contribution < 1.29 is 4.79 Å². The number of nitrogens with zero attached hydrogens (tertiary/aromatic N) is 1. The number of nitrogens with two attached hydrogens (primary N) is 1. The first kappa shape index (κ1) is 16.5. The third-order valence-electron chi connectivity index (χ3n) is 3.17. The maximum atomic E-state index is 11.7. The molecule has 0 heterocycles. The molecule has 1 amide bonds. The molecule has 0 aliphatic rings. The Bertz CT molecular complexity index is 412. The Balaban J connectivity index is 2.52. The standard InChI is InChI=1S/C16H27N3O/c1-12(2)18-16(20)9-10-19(13(3)4)11-14-5-7-15(17)8-6-14/h5-8,12-13H,9-11,17H2,1-4H3,(H,18,20). The van der Waals surface area contributed by atoms with E-state index in [2.05, 4.69) is 24.1 Å². The molecule has 0 saturated carbocycles. The molecule has 0 unspecified atom stereocenters. The Morgan fingerprint density at radius 3 is 2.30 bits per heavy atom. The summed E-state index contributed by atoms with van der Waals surface area (Å²) in [4.78, 5) is 14.0. The molecule has 1 aromatic carbocycles. The highest BCUT2D eigenvalue weighted by atomic mass is 16.1. The zero-order valence-electron chi connectivity index (χ0n) is 13.0. The van der Waals surface area contributed by atoms with Gasteiger partial charge in [-0.1, -0.05) is 12.1 Å². The lowest BCUT2D eigenvalue weighted by molar-refractivity contribution is -0.122. The van der Waals surface area contributed by atoms with Crippen LogP contribution in [0.5, 0.6) is 0 Å². The van der Waals surface area contributed by atoms with E-state index in [1.807, 2.05) is 38.1 Å². The maximum Gasteiger partial charge on any atom is 0.221 e. The van der Waals surface area contributed by atoms with Gasteiger partial charge >= 0.3 is 0 Å². The number of nitrogen functional groups attached to an aromatic ring is 1. The van der Waals surface area contributed by atoms with E-state index < -0.39 is 0 Å². The van der Waals surface area contributed by atoms with E-state index in [4.69, 9.17) is 5.73 Å². The van der Waals surface area contributed by atoms with Crippen LogP contribution in [0.2, 0.25) is 0 Å². The van der Waals surface area contributed by atoms with Gasteiger partial charge in [-0.05, 0) is 45.4 Å². The number of nitrogens with one attached hydrogen (secondary N) is 1. The minimum Gasteiger partial charge on any atom is -0.399 e. The van der Waals surface area contributed by atoms with E-state index in [1.165, 1.54) is 5.56 Å². The quantitative estimate of drug-likeness (QED) is 0.752. The summed E-state index contributed by atoms with van der Waals surface area (Å²) in [5.41, 5.74) is 7.69. The molecule has 4 nitrogen and oxygen atoms in total. The van der Waals surface area contributed by atoms with Gasteiger partial charge in [-0.25, -0.2) is 0 Å². The van der Waals surface area contributed by atoms with Crippen molar-refractivity contribution in [3.8, 4) is 0 Å². The lowest BCUT2D eigenvalue weighted by Gasteiger charge is -2.26. The molecule has 0 aliphatic heterocycles. The van der Waals surface area contributed by atoms with Gasteiger partial charge in [0.25, 0.3) is 0 Å². The third kappa shape index (κ3) is 6.06. The van der Waals surface area contributed by atoms with Crippen molar-refractivity contribution in [1.82, 2.24) is 10.2 Å². The minimum atomic E-state index is 0.114. The smallest absolute Gasteiger partial charge is 0.221 e. The van der Waals surface area contributed by atoms with Gasteiger partial charge in [0.05, 0.1) is 0 Å². The van der Waals surface area contributed by atoms with Gasteiger partial charge in [0, 0.05) is 37.3 Å². The van der Waals surface area contributed by atoms with Crippen LogP contribution in [-0.2, 0) is 11.3 Å². The fraction of sp³-hybridized carbons (Fsp3) is 0.562. The van der Waals surface area contributed by atoms with Crippen LogP contribution >= 0.6 is 0 Å². The second-order valence-corrected chi connectivity index (χ2v) is 5.78. The number of hydrogen-bond donors (Lipinski definition) is 2. The number of benzene rings is 1. The summed E-state index contributed by atoms with van der Waals surface area (Å²) >= 11 is 0. The van der Waals surface area contributed by atoms with Crippen LogP contribution in [-0.4, -0.2) is 29.4 Å². The molecular formula is C16H27N3O. The van der Waals surface area contributed by atoms with E-state index in [1.54, 1.807) is 0 Å². The number of rotatable bonds is 7. The Kier molecular flexibility index (Phi) is 6.52. The summed E-state index contributed by atoms with van der Waals surface area (Å²) in [5, 5.41) is 2.93. The molecule has 4 heteroatoms. The molecule has 0 aliphatic carbocycles. The van der Waals surface area contributed by atoms with E-state index in [0.717, 1.165) is 18.8 Å². The topological polar surface area (TPSA) is 58.4 Å². The number of carbonyl (C=O) groups is 1. The van der Waals surface area contributed by atoms with Crippen LogP contribution in [0.25, 0.3) is 0 Å². The van der Waals surface area contributed by atoms with Crippen molar-refractivity contribution in [3.05, 3.63) is 29.8 Å². The highest BCUT2D eigenvalue weighted by Crippen LogP contribution is 2.11. The molecule has 0 aromatic heterocycles. The Morgan fingerprint density at radius 1 is 1.20 bits per heavy atom. The van der Waals surface area contributed by atoms with E-state index in [9.17, 15) is 4.79 Å². The number of hydrogen-bond acceptors (Lipinski definition) is 3. The molecule has 20 heavy (non-hydrogen) atoms. The largest absolute Gasteiger partial charge is 0.399 e. The van der Waals surface area contributed by atoms with Crippen LogP contribution in [0.3, 0.4) is 0 Å². The normalized spacial score (nSPS) is 11.3. The number of carbonyl (C=O) groups excluding carboxylic acids is 1. The predicted molar refractivity (Wildman–Crippen MR) is 84.3 cm³/mol. The highest BCUT2D eigenvalue weighted by Gasteiger charge is 2.12. The van der Waals surface area contributed by atoms with Crippen LogP contribution in [0.1, 0.15) is 39.7 Å². The molecule has 0 saturated heterocycles. The fourth-order valence-corrected chi connectivity index (χ4v) is 2.02. The number of amides is 1. The zero-order chi connectivity index (χ0) is 15.1. The van der Waals surface area contributed by atoms with Gasteiger partial charge in [0.2, 0.25) is 5.91 Å². The first-order valence-electron chi connectivity index (χ1n) is 7.26. The lowest BCUT2D eigenvalue weighted by Crippen LogP contribution is -2.36. The summed E-state index contributed by atoms with van der Waals surface area (Å²) in [6, 6.07) is 8.52. The second-order valence-electron chi connectivity index (χ2n) is 5.78. The van der Waals surface area contributed by atoms with Gasteiger partial charge in [-0.15, -0.1) is 0 Å². The Hall–Kier alpha value is -1.55. The fourth-order valence-electron chi connectivity index (χ4n) is 2.02. The summed E-state index contributed by atoms with van der Waals surface area (Å²) in [5.74, 6) is 0.114. The average molecular weight is 277 g/mol. The molecule has 0 bridgehead atoms. The molecule has 0 spiro atoms. The molecule has 1 aromatic rings. The minimum absolute atomic E-state index is 0.114. The van der Waals surface area contributed by atoms with Crippen LogP contribution in [0, 0.1) is 0 Å². The monoisotopic (exact) mass is 277 g/mol. The van der Waals surface area contributed by atoms with Crippen molar-refractivity contribution in [2.24, 2.45) is 0 Å². The molecule has 0 radical (unpaired) electrons. The average Bonchev–Trinajstić information content (AvgIpc) is 2.35. The molecule has 1 rings (SSSR count). The Morgan fingerprint density at radius 2 is 1.80 bits per heavy atom. The number of anilines is 1. The second kappa shape index (κ2) is 7.90. The molecule has 0 fully saturated rings. The Labute approximate surface area is 122 Å². The summed E-state index contributed by atoms with van der Waals surface area (Å²) in [7, 11) is 0. The predicted octanol–water partition coefficient (Wildman–Crippen LogP) is 2.39. The first-order chi connectivity index (χ1) is 9.38. The van der Waals surface area contributed by atoms with Gasteiger partial charge in [0.15, 0.2) is 0 Å². The van der Waals surface area contributed by atoms with Gasteiger partial charge in [-0.2, -0.15) is 0 Å². The van der Waals surface area contributed by atoms with Gasteiger partial charge < -0.3 is 11.1 Å². The SMILES string of the molecule is CC(C)NC(=O)CCN(Cc1ccc(N)cc1)C(C)C. The molecule has 3 N–H and O–H groups in total. The highest BCUT2D eigenvalue weighted by molar-refractivity contribution is 5.76. The van der Waals surface area contributed by atoms with Crippen LogP contribution in [0.4, 0.5) is 5.69 Å². The van der Waals surface area contributed by atoms with Crippen molar-refractivity contribution in [2.75, 3.05) is 12.3 Å². The summed E-state index contributed by atoms with van der Waals surface area (Å²) in [6.45, 7) is 9.86. The van der Waals surface area contributed by atoms with Crippen molar-refractivity contribution in [1.29, 1.82) is 0 Å². The van der Waals surface area contributed by atoms with Crippen LogP contribution in [0.15, 0.2) is 24.3 Å². The molecular weight excluding hydrogens is 250 g/mol. The molecule has 112 valence electrons. The first-order valence-corrected chi connectivity index (χ1v) is 7.26. The van der Waals surface area contributed by atoms with Crippen molar-refractivity contribution in [3.63, 3.8) is 0 Å². The summed E-state index contributed by atoms with van der Waals surface area (Å²) in [6.07, 6.45) is 0.533. The maximum absolute atomic E-state index is 11.7. The lowest BCUT2D eigenvalue weighted by atomic mass is 10.1. The van der Waals surface area contributed by atoms with E-state index in [0.29, 0.717) is 12.5 Å². The van der Waals surface area contributed by atoms with Crippen molar-refractivity contribution in [2.45, 2.75) is 52.7 Å². The zero-order valence-corrected chi connectivity index (χ0v) is 13.0.